The number of rotatable bonds is 5. The van der Waals surface area contributed by atoms with Crippen LogP contribution in [0.1, 0.15) is 23.7 Å². The van der Waals surface area contributed by atoms with Crippen LogP contribution in [0.15, 0.2) is 12.3 Å². The van der Waals surface area contributed by atoms with Gasteiger partial charge >= 0.3 is 0 Å². The number of hydrogen-bond donors (Lipinski definition) is 1. The maximum absolute atomic E-state index is 11.7. The number of nitrogens with zero attached hydrogens (tertiary/aromatic N) is 1. The number of carbonyl (C=O) groups is 1. The second-order valence-corrected chi connectivity index (χ2v) is 6.42. The molecule has 0 spiro atoms. The minimum Gasteiger partial charge on any atom is -0.352 e. The lowest BCUT2D eigenvalue weighted by atomic mass is 10.2. The molecule has 0 saturated heterocycles. The third-order valence-electron chi connectivity index (χ3n) is 2.46. The van der Waals surface area contributed by atoms with Crippen LogP contribution in [-0.4, -0.2) is 33.2 Å². The van der Waals surface area contributed by atoms with Crippen LogP contribution in [0.5, 0.6) is 0 Å². The Balaban J connectivity index is 2.50. The number of nitrogens with one attached hydrogen (secondary N) is 1. The molecular formula is C11H14Cl2N2O2S. The van der Waals surface area contributed by atoms with E-state index in [-0.39, 0.29) is 21.3 Å². The lowest BCUT2D eigenvalue weighted by Crippen LogP contribution is -2.27. The molecule has 0 aliphatic carbocycles. The van der Waals surface area contributed by atoms with Crippen LogP contribution in [0.2, 0.25) is 10.2 Å². The van der Waals surface area contributed by atoms with Crippen molar-refractivity contribution in [1.29, 1.82) is 0 Å². The fourth-order valence-corrected chi connectivity index (χ4v) is 1.92. The van der Waals surface area contributed by atoms with Crippen LogP contribution in [0.3, 0.4) is 0 Å². The van der Waals surface area contributed by atoms with Gasteiger partial charge < -0.3 is 5.32 Å². The first kappa shape index (κ1) is 15.4. The van der Waals surface area contributed by atoms with Gasteiger partial charge in [0.2, 0.25) is 0 Å². The predicted octanol–water partition coefficient (Wildman–Crippen LogP) is 2.28. The Morgan fingerprint density at radius 3 is 2.78 bits per heavy atom. The highest BCUT2D eigenvalue weighted by Crippen LogP contribution is 2.19. The average Bonchev–Trinajstić information content (AvgIpc) is 2.32. The molecule has 0 aliphatic rings. The molecule has 0 saturated carbocycles. The van der Waals surface area contributed by atoms with Crippen molar-refractivity contribution in [3.63, 3.8) is 0 Å². The van der Waals surface area contributed by atoms with Crippen LogP contribution >= 0.6 is 23.2 Å². The smallest absolute Gasteiger partial charge is 0.252 e. The SMILES string of the molecule is CC(CCNC(=O)c1cnc(Cl)c(Cl)c1)S(C)=O. The first-order valence-corrected chi connectivity index (χ1v) is 7.71. The molecule has 18 heavy (non-hydrogen) atoms. The Bertz CT molecular complexity index is 468. The summed E-state index contributed by atoms with van der Waals surface area (Å²) in [6, 6.07) is 1.47. The second kappa shape index (κ2) is 7.07. The number of carbonyl (C=O) groups excluding carboxylic acids is 1. The van der Waals surface area contributed by atoms with E-state index in [1.807, 2.05) is 6.92 Å². The summed E-state index contributed by atoms with van der Waals surface area (Å²) in [4.78, 5) is 15.5. The number of amides is 1. The zero-order valence-corrected chi connectivity index (χ0v) is 12.4. The second-order valence-electron chi connectivity index (χ2n) is 3.85. The minimum atomic E-state index is -0.878. The monoisotopic (exact) mass is 308 g/mol. The van der Waals surface area contributed by atoms with Crippen molar-refractivity contribution in [3.8, 4) is 0 Å². The minimum absolute atomic E-state index is 0.0530. The van der Waals surface area contributed by atoms with E-state index in [0.717, 1.165) is 0 Å². The Kier molecular flexibility index (Phi) is 6.05. The summed E-state index contributed by atoms with van der Waals surface area (Å²) in [6.45, 7) is 2.34. The quantitative estimate of drug-likeness (QED) is 0.849. The van der Waals surface area contributed by atoms with Gasteiger partial charge in [-0.2, -0.15) is 0 Å². The molecule has 1 amide bonds. The number of pyridine rings is 1. The molecule has 0 aromatic carbocycles. The van der Waals surface area contributed by atoms with Gasteiger partial charge in [0.1, 0.15) is 5.15 Å². The summed E-state index contributed by atoms with van der Waals surface area (Å²) in [6.07, 6.45) is 3.67. The lowest BCUT2D eigenvalue weighted by Gasteiger charge is -2.09. The van der Waals surface area contributed by atoms with E-state index in [0.29, 0.717) is 18.5 Å². The van der Waals surface area contributed by atoms with Crippen molar-refractivity contribution in [2.45, 2.75) is 18.6 Å². The molecule has 1 aromatic rings. The maximum atomic E-state index is 11.7. The molecule has 0 bridgehead atoms. The number of hydrogen-bond acceptors (Lipinski definition) is 3. The van der Waals surface area contributed by atoms with Crippen molar-refractivity contribution >= 4 is 39.9 Å². The Hall–Kier alpha value is -0.650. The van der Waals surface area contributed by atoms with Crippen molar-refractivity contribution in [2.24, 2.45) is 0 Å². The van der Waals surface area contributed by atoms with Crippen LogP contribution in [-0.2, 0) is 10.8 Å². The first-order valence-electron chi connectivity index (χ1n) is 5.33. The summed E-state index contributed by atoms with van der Waals surface area (Å²) in [5.41, 5.74) is 0.356. The predicted molar refractivity (Wildman–Crippen MR) is 74.7 cm³/mol. The molecule has 1 aromatic heterocycles. The van der Waals surface area contributed by atoms with E-state index in [1.54, 1.807) is 6.26 Å². The van der Waals surface area contributed by atoms with Gasteiger partial charge in [-0.25, -0.2) is 4.98 Å². The van der Waals surface area contributed by atoms with Gasteiger partial charge in [-0.3, -0.25) is 9.00 Å². The van der Waals surface area contributed by atoms with E-state index in [4.69, 9.17) is 23.2 Å². The van der Waals surface area contributed by atoms with E-state index in [1.165, 1.54) is 12.3 Å². The van der Waals surface area contributed by atoms with Crippen LogP contribution in [0.4, 0.5) is 0 Å². The molecule has 1 heterocycles. The molecule has 0 fully saturated rings. The lowest BCUT2D eigenvalue weighted by molar-refractivity contribution is 0.0953. The van der Waals surface area contributed by atoms with E-state index < -0.39 is 10.8 Å². The van der Waals surface area contributed by atoms with Crippen molar-refractivity contribution < 1.29 is 9.00 Å². The molecule has 2 unspecified atom stereocenters. The zero-order valence-electron chi connectivity index (χ0n) is 10.1. The summed E-state index contributed by atoms with van der Waals surface area (Å²) < 4.78 is 11.1. The fraction of sp³-hybridized carbons (Fsp3) is 0.455. The standard InChI is InChI=1S/C11H14Cl2N2O2S/c1-7(18(2)17)3-4-14-11(16)8-5-9(12)10(13)15-6-8/h5-7H,3-4H2,1-2H3,(H,14,16). The summed E-state index contributed by atoms with van der Waals surface area (Å²) in [5, 5.41) is 3.18. The van der Waals surface area contributed by atoms with Gasteiger partial charge in [0.05, 0.1) is 10.6 Å². The molecule has 2 atom stereocenters. The fourth-order valence-electron chi connectivity index (χ4n) is 1.20. The maximum Gasteiger partial charge on any atom is 0.252 e. The number of halogens is 2. The zero-order chi connectivity index (χ0) is 13.7. The van der Waals surface area contributed by atoms with Crippen molar-refractivity contribution in [1.82, 2.24) is 10.3 Å². The normalized spacial score (nSPS) is 14.0. The molecule has 7 heteroatoms. The first-order chi connectivity index (χ1) is 8.41. The van der Waals surface area contributed by atoms with Gasteiger partial charge in [0, 0.05) is 35.0 Å². The van der Waals surface area contributed by atoms with E-state index in [9.17, 15) is 9.00 Å². The average molecular weight is 309 g/mol. The third kappa shape index (κ3) is 4.55. The summed E-state index contributed by atoms with van der Waals surface area (Å²) in [5.74, 6) is -0.268. The van der Waals surface area contributed by atoms with Gasteiger partial charge in [-0.1, -0.05) is 30.1 Å². The highest BCUT2D eigenvalue weighted by Gasteiger charge is 2.10. The van der Waals surface area contributed by atoms with Crippen LogP contribution < -0.4 is 5.32 Å². The molecule has 1 N–H and O–H groups in total. The highest BCUT2D eigenvalue weighted by molar-refractivity contribution is 7.84. The van der Waals surface area contributed by atoms with Gasteiger partial charge in [-0.05, 0) is 12.5 Å². The molecule has 100 valence electrons. The Morgan fingerprint density at radius 2 is 2.22 bits per heavy atom. The molecule has 0 aliphatic heterocycles. The van der Waals surface area contributed by atoms with E-state index >= 15 is 0 Å². The van der Waals surface area contributed by atoms with Crippen LogP contribution in [0, 0.1) is 0 Å². The Labute approximate surface area is 119 Å². The number of aromatic nitrogens is 1. The van der Waals surface area contributed by atoms with Crippen molar-refractivity contribution in [3.05, 3.63) is 28.0 Å². The molecule has 4 nitrogen and oxygen atoms in total. The van der Waals surface area contributed by atoms with Crippen LogP contribution in [0.25, 0.3) is 0 Å². The molecular weight excluding hydrogens is 295 g/mol. The van der Waals surface area contributed by atoms with E-state index in [2.05, 4.69) is 10.3 Å². The van der Waals surface area contributed by atoms with Gasteiger partial charge in [-0.15, -0.1) is 0 Å². The largest absolute Gasteiger partial charge is 0.352 e. The van der Waals surface area contributed by atoms with Gasteiger partial charge in [0.25, 0.3) is 5.91 Å². The third-order valence-corrected chi connectivity index (χ3v) is 4.52. The molecule has 0 radical (unpaired) electrons. The summed E-state index contributed by atoms with van der Waals surface area (Å²) in [7, 11) is -0.878. The Morgan fingerprint density at radius 1 is 1.56 bits per heavy atom. The summed E-state index contributed by atoms with van der Waals surface area (Å²) >= 11 is 11.4. The van der Waals surface area contributed by atoms with Gasteiger partial charge in [0.15, 0.2) is 0 Å². The highest BCUT2D eigenvalue weighted by atomic mass is 35.5. The molecule has 1 rings (SSSR count). The van der Waals surface area contributed by atoms with Crippen molar-refractivity contribution in [2.75, 3.05) is 12.8 Å². The topological polar surface area (TPSA) is 59.1 Å².